The normalized spacial score (nSPS) is 11.9. The lowest BCUT2D eigenvalue weighted by Gasteiger charge is -2.11. The van der Waals surface area contributed by atoms with Gasteiger partial charge in [-0.3, -0.25) is 10.1 Å². The predicted octanol–water partition coefficient (Wildman–Crippen LogP) is 1.72. The van der Waals surface area contributed by atoms with Crippen LogP contribution in [-0.4, -0.2) is 22.1 Å². The Morgan fingerprint density at radius 1 is 1.53 bits per heavy atom. The molecular weight excluding hydrogens is 240 g/mol. The number of ether oxygens (including phenoxy) is 1. The summed E-state index contributed by atoms with van der Waals surface area (Å²) in [6, 6.07) is 0.823. The van der Waals surface area contributed by atoms with Gasteiger partial charge in [-0.05, 0) is 6.92 Å². The molecule has 1 atom stereocenters. The maximum Gasteiger partial charge on any atom is 0.344 e. The number of carboxylic acid groups (broad SMARTS) is 1. The second-order valence-corrected chi connectivity index (χ2v) is 3.09. The van der Waals surface area contributed by atoms with Crippen LogP contribution in [0.2, 0.25) is 0 Å². The molecule has 1 N–H and O–H groups in total. The van der Waals surface area contributed by atoms with Gasteiger partial charge in [-0.15, -0.1) is 0 Å². The smallest absolute Gasteiger partial charge is 0.344 e. The summed E-state index contributed by atoms with van der Waals surface area (Å²) >= 11 is 0. The summed E-state index contributed by atoms with van der Waals surface area (Å²) in [5.41, 5.74) is -0.962. The van der Waals surface area contributed by atoms with Crippen LogP contribution in [0.25, 0.3) is 0 Å². The third-order valence-corrected chi connectivity index (χ3v) is 1.83. The quantitative estimate of drug-likeness (QED) is 0.646. The van der Waals surface area contributed by atoms with Crippen molar-refractivity contribution in [1.82, 2.24) is 0 Å². The van der Waals surface area contributed by atoms with Crippen LogP contribution in [0.15, 0.2) is 12.1 Å². The van der Waals surface area contributed by atoms with Crippen molar-refractivity contribution in [2.24, 2.45) is 0 Å². The molecule has 17 heavy (non-hydrogen) atoms. The van der Waals surface area contributed by atoms with E-state index in [1.165, 1.54) is 0 Å². The van der Waals surface area contributed by atoms with Gasteiger partial charge >= 0.3 is 11.7 Å². The van der Waals surface area contributed by atoms with Crippen LogP contribution < -0.4 is 4.74 Å². The van der Waals surface area contributed by atoms with E-state index in [0.717, 1.165) is 6.92 Å². The molecule has 1 aromatic carbocycles. The molecule has 0 fully saturated rings. The first-order chi connectivity index (χ1) is 7.82. The third-order valence-electron chi connectivity index (χ3n) is 1.83. The molecule has 0 aromatic heterocycles. The highest BCUT2D eigenvalue weighted by Gasteiger charge is 2.25. The second-order valence-electron chi connectivity index (χ2n) is 3.09. The van der Waals surface area contributed by atoms with Gasteiger partial charge in [0.25, 0.3) is 0 Å². The maximum atomic E-state index is 13.2. The topological polar surface area (TPSA) is 89.7 Å². The molecule has 0 amide bonds. The first-order valence-corrected chi connectivity index (χ1v) is 4.36. The third kappa shape index (κ3) is 2.86. The highest BCUT2D eigenvalue weighted by molar-refractivity contribution is 5.72. The van der Waals surface area contributed by atoms with Gasteiger partial charge in [-0.1, -0.05) is 0 Å². The number of aliphatic carboxylic acids is 1. The molecule has 8 heteroatoms. The Hall–Kier alpha value is -2.25. The van der Waals surface area contributed by atoms with Crippen LogP contribution in [0.3, 0.4) is 0 Å². The summed E-state index contributed by atoms with van der Waals surface area (Å²) < 4.78 is 30.6. The van der Waals surface area contributed by atoms with E-state index in [-0.39, 0.29) is 0 Å². The molecule has 1 aromatic rings. The lowest BCUT2D eigenvalue weighted by Crippen LogP contribution is -2.23. The van der Waals surface area contributed by atoms with Crippen molar-refractivity contribution < 1.29 is 28.3 Å². The summed E-state index contributed by atoms with van der Waals surface area (Å²) in [4.78, 5) is 19.9. The number of hydrogen-bond donors (Lipinski definition) is 1. The maximum absolute atomic E-state index is 13.2. The number of nitro benzene ring substituents is 1. The lowest BCUT2D eigenvalue weighted by atomic mass is 10.2. The number of rotatable bonds is 4. The Bertz CT molecular complexity index is 477. The zero-order valence-corrected chi connectivity index (χ0v) is 8.52. The minimum Gasteiger partial charge on any atom is -0.479 e. The van der Waals surface area contributed by atoms with Crippen LogP contribution in [0.5, 0.6) is 5.75 Å². The summed E-state index contributed by atoms with van der Waals surface area (Å²) in [7, 11) is 0. The van der Waals surface area contributed by atoms with Gasteiger partial charge in [0.1, 0.15) is 5.82 Å². The van der Waals surface area contributed by atoms with Gasteiger partial charge in [0, 0.05) is 6.07 Å². The number of nitrogens with zero attached hydrogens (tertiary/aromatic N) is 1. The van der Waals surface area contributed by atoms with E-state index in [4.69, 9.17) is 5.11 Å². The van der Waals surface area contributed by atoms with E-state index < -0.39 is 40.1 Å². The fraction of sp³-hybridized carbons (Fsp3) is 0.222. The molecule has 0 aliphatic carbocycles. The Morgan fingerprint density at radius 3 is 2.59 bits per heavy atom. The van der Waals surface area contributed by atoms with Crippen LogP contribution >= 0.6 is 0 Å². The average molecular weight is 247 g/mol. The Labute approximate surface area is 93.6 Å². The van der Waals surface area contributed by atoms with Crippen molar-refractivity contribution in [2.75, 3.05) is 0 Å². The highest BCUT2D eigenvalue weighted by atomic mass is 19.1. The zero-order valence-electron chi connectivity index (χ0n) is 8.52. The monoisotopic (exact) mass is 247 g/mol. The molecule has 0 heterocycles. The van der Waals surface area contributed by atoms with Crippen molar-refractivity contribution in [1.29, 1.82) is 0 Å². The molecule has 6 nitrogen and oxygen atoms in total. The largest absolute Gasteiger partial charge is 0.479 e. The number of carboxylic acids is 1. The first-order valence-electron chi connectivity index (χ1n) is 4.36. The minimum absolute atomic E-state index is 0.372. The summed E-state index contributed by atoms with van der Waals surface area (Å²) in [5.74, 6) is -4.80. The molecule has 0 bridgehead atoms. The lowest BCUT2D eigenvalue weighted by molar-refractivity contribution is -0.386. The van der Waals surface area contributed by atoms with Crippen molar-refractivity contribution in [3.05, 3.63) is 33.9 Å². The van der Waals surface area contributed by atoms with Gasteiger partial charge in [0.15, 0.2) is 11.9 Å². The summed E-state index contributed by atoms with van der Waals surface area (Å²) in [5, 5.41) is 19.0. The van der Waals surface area contributed by atoms with Gasteiger partial charge < -0.3 is 9.84 Å². The Morgan fingerprint density at radius 2 is 2.12 bits per heavy atom. The molecule has 0 aliphatic rings. The molecule has 1 rings (SSSR count). The molecule has 0 unspecified atom stereocenters. The van der Waals surface area contributed by atoms with Gasteiger partial charge in [0.05, 0.1) is 11.0 Å². The van der Waals surface area contributed by atoms with E-state index in [9.17, 15) is 23.7 Å². The van der Waals surface area contributed by atoms with E-state index in [0.29, 0.717) is 12.1 Å². The average Bonchev–Trinajstić information content (AvgIpc) is 2.20. The second kappa shape index (κ2) is 4.73. The van der Waals surface area contributed by atoms with E-state index in [2.05, 4.69) is 4.74 Å². The Kier molecular flexibility index (Phi) is 3.56. The van der Waals surface area contributed by atoms with Crippen LogP contribution in [0, 0.1) is 21.7 Å². The molecular formula is C9H7F2NO5. The van der Waals surface area contributed by atoms with Crippen LogP contribution in [-0.2, 0) is 4.79 Å². The first kappa shape index (κ1) is 12.8. The summed E-state index contributed by atoms with van der Waals surface area (Å²) in [6.45, 7) is 1.06. The molecule has 0 radical (unpaired) electrons. The SMILES string of the molecule is C[C@H](Oc1c(F)cc(F)cc1[N+](=O)[O-])C(=O)O. The molecule has 0 spiro atoms. The van der Waals surface area contributed by atoms with Gasteiger partial charge in [-0.2, -0.15) is 0 Å². The number of halogens is 2. The van der Waals surface area contributed by atoms with Crippen molar-refractivity contribution in [3.8, 4) is 5.75 Å². The van der Waals surface area contributed by atoms with Crippen LogP contribution in [0.1, 0.15) is 6.92 Å². The molecule has 0 aliphatic heterocycles. The predicted molar refractivity (Wildman–Crippen MR) is 50.7 cm³/mol. The molecule has 92 valence electrons. The molecule has 0 saturated carbocycles. The van der Waals surface area contributed by atoms with Crippen molar-refractivity contribution >= 4 is 11.7 Å². The molecule has 0 saturated heterocycles. The zero-order chi connectivity index (χ0) is 13.2. The van der Waals surface area contributed by atoms with Gasteiger partial charge in [-0.25, -0.2) is 13.6 Å². The Balaban J connectivity index is 3.21. The standard InChI is InChI=1S/C9H7F2NO5/c1-4(9(13)14)17-8-6(11)2-5(10)3-7(8)12(15)16/h2-4H,1H3,(H,13,14)/t4-/m0/s1. The fourth-order valence-electron chi connectivity index (χ4n) is 1.03. The fourth-order valence-corrected chi connectivity index (χ4v) is 1.03. The van der Waals surface area contributed by atoms with Crippen molar-refractivity contribution in [3.63, 3.8) is 0 Å². The van der Waals surface area contributed by atoms with Crippen molar-refractivity contribution in [2.45, 2.75) is 13.0 Å². The van der Waals surface area contributed by atoms with E-state index >= 15 is 0 Å². The van der Waals surface area contributed by atoms with E-state index in [1.807, 2.05) is 0 Å². The highest BCUT2D eigenvalue weighted by Crippen LogP contribution is 2.31. The summed E-state index contributed by atoms with van der Waals surface area (Å²) in [6.07, 6.45) is -1.49. The number of carbonyl (C=O) groups is 1. The van der Waals surface area contributed by atoms with Gasteiger partial charge in [0.2, 0.25) is 5.75 Å². The number of hydrogen-bond acceptors (Lipinski definition) is 4. The van der Waals surface area contributed by atoms with Crippen LogP contribution in [0.4, 0.5) is 14.5 Å². The van der Waals surface area contributed by atoms with E-state index in [1.54, 1.807) is 0 Å². The number of nitro groups is 1. The number of benzene rings is 1. The minimum atomic E-state index is -1.49.